The van der Waals surface area contributed by atoms with Crippen LogP contribution in [0, 0.1) is 0 Å². The van der Waals surface area contributed by atoms with Crippen LogP contribution in [-0.4, -0.2) is 6.08 Å². The molecule has 0 atom stereocenters. The summed E-state index contributed by atoms with van der Waals surface area (Å²) in [6, 6.07) is 11.6. The molecule has 0 saturated carbocycles. The molecule has 4 heteroatoms. The highest BCUT2D eigenvalue weighted by molar-refractivity contribution is 8.01. The molecule has 2 aromatic rings. The Hall–Kier alpha value is -1.35. The minimum absolute atomic E-state index is 0.672. The van der Waals surface area contributed by atoms with Gasteiger partial charge in [-0.15, -0.1) is 11.3 Å². The maximum atomic E-state index is 10.2. The molecule has 0 aliphatic carbocycles. The molecule has 1 heterocycles. The largest absolute Gasteiger partial charge is 0.240 e. The molecule has 2 nitrogen and oxygen atoms in total. The monoisotopic (exact) mass is 233 g/mol. The van der Waals surface area contributed by atoms with Crippen molar-refractivity contribution < 1.29 is 4.79 Å². The van der Waals surface area contributed by atoms with E-state index in [0.717, 1.165) is 4.90 Å². The summed E-state index contributed by atoms with van der Waals surface area (Å²) in [4.78, 5) is 14.9. The first kappa shape index (κ1) is 10.2. The van der Waals surface area contributed by atoms with Gasteiger partial charge in [0.2, 0.25) is 6.08 Å². The van der Waals surface area contributed by atoms with Crippen LogP contribution < -0.4 is 0 Å². The topological polar surface area (TPSA) is 29.4 Å². The van der Waals surface area contributed by atoms with Crippen LogP contribution >= 0.6 is 23.1 Å². The van der Waals surface area contributed by atoms with Crippen molar-refractivity contribution in [1.29, 1.82) is 0 Å². The van der Waals surface area contributed by atoms with Gasteiger partial charge in [0.1, 0.15) is 0 Å². The highest BCUT2D eigenvalue weighted by Crippen LogP contribution is 2.36. The molecular formula is C11H7NOS2. The Morgan fingerprint density at radius 2 is 2.07 bits per heavy atom. The van der Waals surface area contributed by atoms with Gasteiger partial charge in [-0.25, -0.2) is 4.79 Å². The van der Waals surface area contributed by atoms with E-state index in [4.69, 9.17) is 0 Å². The number of aliphatic imine (C=N–C) groups is 1. The second kappa shape index (κ2) is 4.94. The quantitative estimate of drug-likeness (QED) is 0.595. The Morgan fingerprint density at radius 3 is 2.80 bits per heavy atom. The van der Waals surface area contributed by atoms with Gasteiger partial charge in [-0.2, -0.15) is 4.99 Å². The van der Waals surface area contributed by atoms with E-state index >= 15 is 0 Å². The number of hydrogen-bond acceptors (Lipinski definition) is 4. The summed E-state index contributed by atoms with van der Waals surface area (Å²) in [5.74, 6) is 0. The summed E-state index contributed by atoms with van der Waals surface area (Å²) in [5.41, 5.74) is 0.672. The van der Waals surface area contributed by atoms with Gasteiger partial charge in [-0.1, -0.05) is 30.0 Å². The Bertz CT molecular complexity index is 487. The van der Waals surface area contributed by atoms with Crippen molar-refractivity contribution in [2.45, 2.75) is 9.10 Å². The first-order valence-corrected chi connectivity index (χ1v) is 5.98. The number of hydrogen-bond donors (Lipinski definition) is 0. The molecule has 0 amide bonds. The van der Waals surface area contributed by atoms with Gasteiger partial charge in [0.25, 0.3) is 0 Å². The average Bonchev–Trinajstić information content (AvgIpc) is 2.74. The lowest BCUT2D eigenvalue weighted by molar-refractivity contribution is 0.565. The molecule has 0 bridgehead atoms. The first-order chi connectivity index (χ1) is 7.40. The second-order valence-electron chi connectivity index (χ2n) is 2.70. The van der Waals surface area contributed by atoms with E-state index in [1.54, 1.807) is 35.2 Å². The third-order valence-electron chi connectivity index (χ3n) is 1.74. The molecule has 0 saturated heterocycles. The molecule has 0 fully saturated rings. The van der Waals surface area contributed by atoms with Crippen LogP contribution in [0.25, 0.3) is 0 Å². The van der Waals surface area contributed by atoms with Gasteiger partial charge >= 0.3 is 0 Å². The summed E-state index contributed by atoms with van der Waals surface area (Å²) in [7, 11) is 0. The third kappa shape index (κ3) is 2.57. The summed E-state index contributed by atoms with van der Waals surface area (Å²) in [5, 5.41) is 2.02. The van der Waals surface area contributed by atoms with Crippen LogP contribution in [0.2, 0.25) is 0 Å². The summed E-state index contributed by atoms with van der Waals surface area (Å²) >= 11 is 3.27. The number of rotatable bonds is 3. The Morgan fingerprint density at radius 1 is 1.20 bits per heavy atom. The lowest BCUT2D eigenvalue weighted by Crippen LogP contribution is -1.71. The Balaban J connectivity index is 2.31. The van der Waals surface area contributed by atoms with Crippen molar-refractivity contribution in [3.63, 3.8) is 0 Å². The maximum Gasteiger partial charge on any atom is 0.240 e. The molecule has 1 aromatic carbocycles. The predicted molar refractivity (Wildman–Crippen MR) is 62.7 cm³/mol. The minimum atomic E-state index is 0.672. The zero-order chi connectivity index (χ0) is 10.5. The molecule has 2 rings (SSSR count). The molecule has 1 aromatic heterocycles. The summed E-state index contributed by atoms with van der Waals surface area (Å²) in [6.07, 6.45) is 1.57. The zero-order valence-corrected chi connectivity index (χ0v) is 9.35. The SMILES string of the molecule is O=C=Nc1ccccc1Sc1cccs1. The standard InChI is InChI=1S/C11H7NOS2/c13-8-12-9-4-1-2-5-10(9)15-11-6-3-7-14-11/h1-7H. The zero-order valence-electron chi connectivity index (χ0n) is 7.71. The van der Waals surface area contributed by atoms with Gasteiger partial charge in [0.05, 0.1) is 9.90 Å². The Kier molecular flexibility index (Phi) is 3.35. The van der Waals surface area contributed by atoms with E-state index in [2.05, 4.69) is 4.99 Å². The van der Waals surface area contributed by atoms with Crippen molar-refractivity contribution in [2.75, 3.05) is 0 Å². The van der Waals surface area contributed by atoms with E-state index in [0.29, 0.717) is 5.69 Å². The molecule has 0 spiro atoms. The molecule has 0 radical (unpaired) electrons. The second-order valence-corrected chi connectivity index (χ2v) is 4.99. The van der Waals surface area contributed by atoms with E-state index in [-0.39, 0.29) is 0 Å². The van der Waals surface area contributed by atoms with Crippen LogP contribution in [0.5, 0.6) is 0 Å². The molecular weight excluding hydrogens is 226 g/mol. The van der Waals surface area contributed by atoms with Crippen LogP contribution in [0.1, 0.15) is 0 Å². The molecule has 15 heavy (non-hydrogen) atoms. The van der Waals surface area contributed by atoms with E-state index in [1.165, 1.54) is 4.21 Å². The lowest BCUT2D eigenvalue weighted by Gasteiger charge is -2.00. The number of benzene rings is 1. The third-order valence-corrected chi connectivity index (χ3v) is 3.84. The van der Waals surface area contributed by atoms with Crippen molar-refractivity contribution in [2.24, 2.45) is 4.99 Å². The molecule has 0 N–H and O–H groups in total. The summed E-state index contributed by atoms with van der Waals surface area (Å²) < 4.78 is 1.18. The first-order valence-electron chi connectivity index (χ1n) is 4.28. The smallest absolute Gasteiger partial charge is 0.211 e. The summed E-state index contributed by atoms with van der Waals surface area (Å²) in [6.45, 7) is 0. The van der Waals surface area contributed by atoms with Crippen molar-refractivity contribution >= 4 is 34.9 Å². The van der Waals surface area contributed by atoms with E-state index in [1.807, 2.05) is 35.7 Å². The van der Waals surface area contributed by atoms with Crippen molar-refractivity contribution in [3.8, 4) is 0 Å². The maximum absolute atomic E-state index is 10.2. The van der Waals surface area contributed by atoms with Crippen molar-refractivity contribution in [3.05, 3.63) is 41.8 Å². The van der Waals surface area contributed by atoms with Gasteiger partial charge < -0.3 is 0 Å². The van der Waals surface area contributed by atoms with Gasteiger partial charge in [-0.3, -0.25) is 0 Å². The van der Waals surface area contributed by atoms with Gasteiger partial charge in [-0.05, 0) is 23.6 Å². The highest BCUT2D eigenvalue weighted by atomic mass is 32.2. The number of carbonyl (C=O) groups excluding carboxylic acids is 1. The predicted octanol–water partition coefficient (Wildman–Crippen LogP) is 3.87. The van der Waals surface area contributed by atoms with Crippen molar-refractivity contribution in [1.82, 2.24) is 0 Å². The van der Waals surface area contributed by atoms with Gasteiger partial charge in [0.15, 0.2) is 0 Å². The fourth-order valence-corrected chi connectivity index (χ4v) is 2.92. The molecule has 74 valence electrons. The number of isocyanates is 1. The van der Waals surface area contributed by atoms with E-state index < -0.39 is 0 Å². The number of para-hydroxylation sites is 1. The number of thiophene rings is 1. The van der Waals surface area contributed by atoms with Crippen LogP contribution in [0.3, 0.4) is 0 Å². The highest BCUT2D eigenvalue weighted by Gasteiger charge is 2.03. The lowest BCUT2D eigenvalue weighted by atomic mass is 10.3. The molecule has 0 aliphatic heterocycles. The fourth-order valence-electron chi connectivity index (χ4n) is 1.11. The normalized spacial score (nSPS) is 9.60. The minimum Gasteiger partial charge on any atom is -0.211 e. The van der Waals surface area contributed by atoms with Crippen LogP contribution in [-0.2, 0) is 4.79 Å². The van der Waals surface area contributed by atoms with Gasteiger partial charge in [0, 0.05) is 4.90 Å². The van der Waals surface area contributed by atoms with E-state index in [9.17, 15) is 4.79 Å². The van der Waals surface area contributed by atoms with Crippen LogP contribution in [0.4, 0.5) is 5.69 Å². The van der Waals surface area contributed by atoms with Crippen LogP contribution in [0.15, 0.2) is 55.9 Å². The Labute approximate surface area is 95.7 Å². The number of nitrogens with zero attached hydrogens (tertiary/aromatic N) is 1. The fraction of sp³-hybridized carbons (Fsp3) is 0. The molecule has 0 unspecified atom stereocenters. The average molecular weight is 233 g/mol. The molecule has 0 aliphatic rings.